The molecule has 0 saturated carbocycles. The second-order valence-corrected chi connectivity index (χ2v) is 4.29. The number of carbonyl (C=O) groups is 2. The minimum atomic E-state index is -0.763. The molecule has 0 saturated heterocycles. The SMILES string of the molecule is CCN(CC)C(=O)C(=O)NN=Cc1ccc(OC)c(OC)c1. The molecule has 0 spiro atoms. The molecular weight excluding hydrogens is 286 g/mol. The van der Waals surface area contributed by atoms with Crippen LogP contribution in [-0.4, -0.2) is 50.2 Å². The van der Waals surface area contributed by atoms with E-state index in [9.17, 15) is 9.59 Å². The van der Waals surface area contributed by atoms with Crippen LogP contribution in [-0.2, 0) is 9.59 Å². The van der Waals surface area contributed by atoms with E-state index >= 15 is 0 Å². The first-order valence-electron chi connectivity index (χ1n) is 6.91. The Labute approximate surface area is 129 Å². The van der Waals surface area contributed by atoms with E-state index in [1.165, 1.54) is 18.2 Å². The molecule has 2 amide bonds. The molecule has 7 heteroatoms. The van der Waals surface area contributed by atoms with Crippen LogP contribution in [0.25, 0.3) is 0 Å². The second kappa shape index (κ2) is 8.66. The van der Waals surface area contributed by atoms with Gasteiger partial charge >= 0.3 is 11.8 Å². The number of nitrogens with zero attached hydrogens (tertiary/aromatic N) is 2. The van der Waals surface area contributed by atoms with E-state index in [2.05, 4.69) is 10.5 Å². The first-order valence-corrected chi connectivity index (χ1v) is 6.91. The lowest BCUT2D eigenvalue weighted by atomic mass is 10.2. The summed E-state index contributed by atoms with van der Waals surface area (Å²) in [5.41, 5.74) is 2.92. The fourth-order valence-electron chi connectivity index (χ4n) is 1.80. The van der Waals surface area contributed by atoms with Crippen LogP contribution in [0.4, 0.5) is 0 Å². The zero-order valence-corrected chi connectivity index (χ0v) is 13.3. The molecule has 7 nitrogen and oxygen atoms in total. The van der Waals surface area contributed by atoms with Crippen molar-refractivity contribution in [2.45, 2.75) is 13.8 Å². The van der Waals surface area contributed by atoms with Gasteiger partial charge < -0.3 is 14.4 Å². The number of ether oxygens (including phenoxy) is 2. The highest BCUT2D eigenvalue weighted by Crippen LogP contribution is 2.26. The highest BCUT2D eigenvalue weighted by atomic mass is 16.5. The van der Waals surface area contributed by atoms with Gasteiger partial charge in [-0.3, -0.25) is 9.59 Å². The van der Waals surface area contributed by atoms with Crippen molar-refractivity contribution >= 4 is 18.0 Å². The van der Waals surface area contributed by atoms with E-state index in [-0.39, 0.29) is 0 Å². The summed E-state index contributed by atoms with van der Waals surface area (Å²) in [6.07, 6.45) is 1.43. The maximum Gasteiger partial charge on any atom is 0.329 e. The molecule has 0 aliphatic rings. The Bertz CT molecular complexity index is 554. The maximum absolute atomic E-state index is 11.7. The first-order chi connectivity index (χ1) is 10.6. The average Bonchev–Trinajstić information content (AvgIpc) is 2.55. The summed E-state index contributed by atoms with van der Waals surface area (Å²) < 4.78 is 10.3. The highest BCUT2D eigenvalue weighted by molar-refractivity contribution is 6.34. The van der Waals surface area contributed by atoms with Crippen LogP contribution in [0.2, 0.25) is 0 Å². The Hall–Kier alpha value is -2.57. The van der Waals surface area contributed by atoms with E-state index in [1.807, 2.05) is 13.8 Å². The largest absolute Gasteiger partial charge is 0.493 e. The number of rotatable bonds is 6. The Morgan fingerprint density at radius 1 is 1.18 bits per heavy atom. The fourth-order valence-corrected chi connectivity index (χ4v) is 1.80. The van der Waals surface area contributed by atoms with Crippen molar-refractivity contribution in [3.8, 4) is 11.5 Å². The number of benzene rings is 1. The third-order valence-electron chi connectivity index (χ3n) is 3.03. The van der Waals surface area contributed by atoms with E-state index in [4.69, 9.17) is 9.47 Å². The Morgan fingerprint density at radius 2 is 1.82 bits per heavy atom. The van der Waals surface area contributed by atoms with Crippen LogP contribution in [0.5, 0.6) is 11.5 Å². The number of methoxy groups -OCH3 is 2. The van der Waals surface area contributed by atoms with Crippen molar-refractivity contribution in [3.05, 3.63) is 23.8 Å². The molecule has 0 unspecified atom stereocenters. The predicted molar refractivity (Wildman–Crippen MR) is 83.2 cm³/mol. The van der Waals surface area contributed by atoms with Gasteiger partial charge in [0.05, 0.1) is 20.4 Å². The van der Waals surface area contributed by atoms with Gasteiger partial charge in [0, 0.05) is 13.1 Å². The van der Waals surface area contributed by atoms with Gasteiger partial charge in [-0.05, 0) is 37.6 Å². The van der Waals surface area contributed by atoms with E-state index in [0.29, 0.717) is 30.2 Å². The first kappa shape index (κ1) is 17.5. The third kappa shape index (κ3) is 4.47. The molecule has 1 N–H and O–H groups in total. The van der Waals surface area contributed by atoms with E-state index in [0.717, 1.165) is 0 Å². The van der Waals surface area contributed by atoms with Gasteiger partial charge in [-0.2, -0.15) is 5.10 Å². The molecule has 0 aliphatic carbocycles. The van der Waals surface area contributed by atoms with Gasteiger partial charge in [0.15, 0.2) is 11.5 Å². The minimum Gasteiger partial charge on any atom is -0.493 e. The molecule has 0 heterocycles. The molecular formula is C15H21N3O4. The summed E-state index contributed by atoms with van der Waals surface area (Å²) in [5.74, 6) is -0.215. The van der Waals surface area contributed by atoms with Gasteiger partial charge in [-0.15, -0.1) is 0 Å². The number of hydrogen-bond donors (Lipinski definition) is 1. The standard InChI is InChI=1S/C15H21N3O4/c1-5-18(6-2)15(20)14(19)17-16-10-11-7-8-12(21-3)13(9-11)22-4/h7-10H,5-6H2,1-4H3,(H,17,19). The lowest BCUT2D eigenvalue weighted by Crippen LogP contribution is -2.41. The van der Waals surface area contributed by atoms with Crippen LogP contribution < -0.4 is 14.9 Å². The van der Waals surface area contributed by atoms with E-state index in [1.54, 1.807) is 25.3 Å². The lowest BCUT2D eigenvalue weighted by molar-refractivity contribution is -0.145. The molecule has 0 aromatic heterocycles. The number of amides is 2. The summed E-state index contributed by atoms with van der Waals surface area (Å²) in [5, 5.41) is 3.78. The minimum absolute atomic E-state index is 0.474. The molecule has 1 rings (SSSR count). The zero-order valence-electron chi connectivity index (χ0n) is 13.3. The number of hydrazone groups is 1. The summed E-state index contributed by atoms with van der Waals surface area (Å²) in [6.45, 7) is 4.56. The summed E-state index contributed by atoms with van der Waals surface area (Å²) >= 11 is 0. The van der Waals surface area contributed by atoms with Crippen molar-refractivity contribution in [2.24, 2.45) is 5.10 Å². The molecule has 0 bridgehead atoms. The lowest BCUT2D eigenvalue weighted by Gasteiger charge is -2.16. The Morgan fingerprint density at radius 3 is 2.36 bits per heavy atom. The summed E-state index contributed by atoms with van der Waals surface area (Å²) in [4.78, 5) is 24.8. The maximum atomic E-state index is 11.7. The van der Waals surface area contributed by atoms with Crippen LogP contribution in [0.1, 0.15) is 19.4 Å². The number of likely N-dealkylation sites (N-methyl/N-ethyl adjacent to an activating group) is 1. The monoisotopic (exact) mass is 307 g/mol. The summed E-state index contributed by atoms with van der Waals surface area (Å²) in [6, 6.07) is 5.19. The molecule has 1 aromatic rings. The molecule has 0 radical (unpaired) electrons. The number of nitrogens with one attached hydrogen (secondary N) is 1. The van der Waals surface area contributed by atoms with Gasteiger partial charge in [-0.1, -0.05) is 0 Å². The van der Waals surface area contributed by atoms with Crippen molar-refractivity contribution in [1.82, 2.24) is 10.3 Å². The number of carbonyl (C=O) groups excluding carboxylic acids is 2. The normalized spacial score (nSPS) is 10.4. The molecule has 120 valence electrons. The summed E-state index contributed by atoms with van der Waals surface area (Å²) in [7, 11) is 3.08. The van der Waals surface area contributed by atoms with Crippen molar-refractivity contribution < 1.29 is 19.1 Å². The van der Waals surface area contributed by atoms with Gasteiger partial charge in [0.2, 0.25) is 0 Å². The molecule has 0 fully saturated rings. The topological polar surface area (TPSA) is 80.2 Å². The van der Waals surface area contributed by atoms with Crippen LogP contribution in [0.3, 0.4) is 0 Å². The smallest absolute Gasteiger partial charge is 0.329 e. The highest BCUT2D eigenvalue weighted by Gasteiger charge is 2.18. The van der Waals surface area contributed by atoms with Crippen molar-refractivity contribution in [2.75, 3.05) is 27.3 Å². The van der Waals surface area contributed by atoms with Gasteiger partial charge in [-0.25, -0.2) is 5.43 Å². The molecule has 1 aromatic carbocycles. The number of hydrogen-bond acceptors (Lipinski definition) is 5. The predicted octanol–water partition coefficient (Wildman–Crippen LogP) is 1.02. The molecule has 0 aliphatic heterocycles. The fraction of sp³-hybridized carbons (Fsp3) is 0.400. The van der Waals surface area contributed by atoms with Gasteiger partial charge in [0.25, 0.3) is 0 Å². The van der Waals surface area contributed by atoms with Crippen LogP contribution in [0.15, 0.2) is 23.3 Å². The van der Waals surface area contributed by atoms with Crippen LogP contribution in [0, 0.1) is 0 Å². The molecule has 0 atom stereocenters. The average molecular weight is 307 g/mol. The van der Waals surface area contributed by atoms with Crippen LogP contribution >= 0.6 is 0 Å². The Balaban J connectivity index is 2.69. The second-order valence-electron chi connectivity index (χ2n) is 4.29. The van der Waals surface area contributed by atoms with Crippen molar-refractivity contribution in [3.63, 3.8) is 0 Å². The van der Waals surface area contributed by atoms with Crippen molar-refractivity contribution in [1.29, 1.82) is 0 Å². The zero-order chi connectivity index (χ0) is 16.5. The quantitative estimate of drug-likeness (QED) is 0.483. The van der Waals surface area contributed by atoms with Gasteiger partial charge in [0.1, 0.15) is 0 Å². The third-order valence-corrected chi connectivity index (χ3v) is 3.03. The Kier molecular flexibility index (Phi) is 6.88. The van der Waals surface area contributed by atoms with E-state index < -0.39 is 11.8 Å². The molecule has 22 heavy (non-hydrogen) atoms.